The van der Waals surface area contributed by atoms with Crippen molar-refractivity contribution in [2.75, 3.05) is 19.6 Å². The second-order valence-corrected chi connectivity index (χ2v) is 11.6. The molecule has 3 aromatic rings. The van der Waals surface area contributed by atoms with Gasteiger partial charge in [-0.1, -0.05) is 38.1 Å². The number of halogens is 1. The number of aryl methyl sites for hydroxylation is 1. The molecule has 1 aromatic heterocycles. The van der Waals surface area contributed by atoms with Gasteiger partial charge in [0.25, 0.3) is 0 Å². The van der Waals surface area contributed by atoms with Gasteiger partial charge < -0.3 is 9.42 Å². The highest BCUT2D eigenvalue weighted by Gasteiger charge is 2.25. The first kappa shape index (κ1) is 23.9. The van der Waals surface area contributed by atoms with E-state index in [9.17, 15) is 12.8 Å². The maximum Gasteiger partial charge on any atom is 0.240 e. The molecule has 1 fully saturated rings. The van der Waals surface area contributed by atoms with Crippen LogP contribution in [0.15, 0.2) is 51.9 Å². The first-order valence-electron chi connectivity index (χ1n) is 11.5. The Hall–Kier alpha value is -2.29. The predicted molar refractivity (Wildman–Crippen MR) is 127 cm³/mol. The summed E-state index contributed by atoms with van der Waals surface area (Å²) in [5.74, 6) is -0.328. The number of likely N-dealkylation sites (tertiary alicyclic amines) is 1. The Balaban J connectivity index is 1.24. The summed E-state index contributed by atoms with van der Waals surface area (Å²) in [5.41, 5.74) is 2.43. The second-order valence-electron chi connectivity index (χ2n) is 9.88. The van der Waals surface area contributed by atoms with Gasteiger partial charge in [-0.2, -0.15) is 0 Å². The molecule has 1 aliphatic rings. The summed E-state index contributed by atoms with van der Waals surface area (Å²) in [4.78, 5) is 2.67. The van der Waals surface area contributed by atoms with Crippen LogP contribution in [0, 0.1) is 5.82 Å². The molecule has 4 rings (SSSR count). The van der Waals surface area contributed by atoms with E-state index in [1.54, 1.807) is 18.2 Å². The monoisotopic (exact) mass is 473 g/mol. The van der Waals surface area contributed by atoms with Crippen molar-refractivity contribution in [2.45, 2.75) is 62.8 Å². The van der Waals surface area contributed by atoms with Crippen LogP contribution in [0.2, 0.25) is 0 Å². The number of piperidine rings is 1. The molecule has 0 spiro atoms. The summed E-state index contributed by atoms with van der Waals surface area (Å²) in [6.45, 7) is 8.93. The zero-order valence-corrected chi connectivity index (χ0v) is 20.3. The maximum absolute atomic E-state index is 13.3. The summed E-state index contributed by atoms with van der Waals surface area (Å²) >= 11 is 0. The smallest absolute Gasteiger partial charge is 0.240 e. The number of hydrogen-bond acceptors (Lipinski definition) is 5. The summed E-state index contributed by atoms with van der Waals surface area (Å²) in [7, 11) is -3.52. The van der Waals surface area contributed by atoms with Crippen LogP contribution >= 0.6 is 0 Å². The molecule has 1 aliphatic heterocycles. The molecular weight excluding hydrogens is 441 g/mol. The van der Waals surface area contributed by atoms with Crippen molar-refractivity contribution < 1.29 is 17.3 Å². The van der Waals surface area contributed by atoms with Gasteiger partial charge in [-0.15, -0.1) is 0 Å². The molecular formula is C25H32FN3O3S. The van der Waals surface area contributed by atoms with E-state index in [1.807, 2.05) is 12.1 Å². The van der Waals surface area contributed by atoms with Gasteiger partial charge in [0.15, 0.2) is 5.58 Å². The number of fused-ring (bicyclic) bond motifs is 1. The minimum absolute atomic E-state index is 0.0127. The molecule has 1 N–H and O–H groups in total. The molecule has 33 heavy (non-hydrogen) atoms. The number of benzene rings is 2. The lowest BCUT2D eigenvalue weighted by molar-refractivity contribution is 0.205. The molecule has 6 nitrogen and oxygen atoms in total. The molecule has 0 aliphatic carbocycles. The Bertz CT molecular complexity index is 1190. The van der Waals surface area contributed by atoms with Crippen molar-refractivity contribution >= 4 is 21.0 Å². The van der Waals surface area contributed by atoms with Gasteiger partial charge in [0.2, 0.25) is 10.0 Å². The third-order valence-corrected chi connectivity index (χ3v) is 7.87. The lowest BCUT2D eigenvalue weighted by Crippen LogP contribution is -2.44. The number of rotatable bonds is 7. The van der Waals surface area contributed by atoms with Crippen LogP contribution in [-0.2, 0) is 21.9 Å². The average molecular weight is 474 g/mol. The normalized spacial score (nSPS) is 16.5. The van der Waals surface area contributed by atoms with E-state index in [1.165, 1.54) is 12.1 Å². The van der Waals surface area contributed by atoms with Gasteiger partial charge in [0, 0.05) is 17.5 Å². The van der Waals surface area contributed by atoms with Crippen molar-refractivity contribution in [2.24, 2.45) is 0 Å². The fourth-order valence-corrected chi connectivity index (χ4v) is 5.61. The number of aromatic nitrogens is 1. The number of hydrogen-bond donors (Lipinski definition) is 1. The molecule has 0 saturated carbocycles. The number of sulfonamides is 1. The van der Waals surface area contributed by atoms with Gasteiger partial charge in [-0.05, 0) is 80.6 Å². The fourth-order valence-electron chi connectivity index (χ4n) is 4.31. The molecule has 178 valence electrons. The third kappa shape index (κ3) is 5.80. The van der Waals surface area contributed by atoms with Gasteiger partial charge in [-0.25, -0.2) is 17.5 Å². The van der Waals surface area contributed by atoms with Crippen LogP contribution < -0.4 is 4.72 Å². The van der Waals surface area contributed by atoms with E-state index >= 15 is 0 Å². The zero-order valence-electron chi connectivity index (χ0n) is 19.5. The molecule has 0 bridgehead atoms. The van der Waals surface area contributed by atoms with Crippen molar-refractivity contribution in [3.05, 3.63) is 59.5 Å². The topological polar surface area (TPSA) is 75.4 Å². The van der Waals surface area contributed by atoms with Crippen molar-refractivity contribution in [3.8, 4) is 0 Å². The highest BCUT2D eigenvalue weighted by Crippen LogP contribution is 2.24. The summed E-state index contributed by atoms with van der Waals surface area (Å²) < 4.78 is 47.0. The highest BCUT2D eigenvalue weighted by atomic mass is 32.2. The highest BCUT2D eigenvalue weighted by molar-refractivity contribution is 7.89. The fraction of sp³-hybridized carbons (Fsp3) is 0.480. The zero-order chi connectivity index (χ0) is 23.6. The van der Waals surface area contributed by atoms with Gasteiger partial charge in [0.1, 0.15) is 5.82 Å². The van der Waals surface area contributed by atoms with E-state index in [4.69, 9.17) is 4.52 Å². The Morgan fingerprint density at radius 3 is 2.48 bits per heavy atom. The maximum atomic E-state index is 13.3. The second kappa shape index (κ2) is 9.52. The SMILES string of the molecule is CC(C)(C)c1ccc(S(=O)(=O)NC2CCN(CCCc3noc4cc(F)ccc34)CC2)cc1. The Labute approximate surface area is 195 Å². The molecule has 0 amide bonds. The van der Waals surface area contributed by atoms with E-state index in [0.717, 1.165) is 62.0 Å². The molecule has 8 heteroatoms. The van der Waals surface area contributed by atoms with Gasteiger partial charge in [-0.3, -0.25) is 0 Å². The van der Waals surface area contributed by atoms with Crippen LogP contribution in [0.5, 0.6) is 0 Å². The van der Waals surface area contributed by atoms with E-state index in [-0.39, 0.29) is 17.3 Å². The Kier molecular flexibility index (Phi) is 6.88. The standard InChI is InChI=1S/C25H32FN3O3S/c1-25(2,3)18-6-9-21(10-7-18)33(30,31)28-20-12-15-29(16-13-20)14-4-5-23-22-11-8-19(26)17-24(22)32-27-23/h6-11,17,20,28H,4-5,12-16H2,1-3H3. The first-order valence-corrected chi connectivity index (χ1v) is 13.0. The van der Waals surface area contributed by atoms with Crippen LogP contribution in [0.4, 0.5) is 4.39 Å². The minimum atomic E-state index is -3.52. The van der Waals surface area contributed by atoms with E-state index < -0.39 is 10.0 Å². The number of nitrogens with zero attached hydrogens (tertiary/aromatic N) is 2. The average Bonchev–Trinajstić information content (AvgIpc) is 3.16. The van der Waals surface area contributed by atoms with Gasteiger partial charge >= 0.3 is 0 Å². The summed E-state index contributed by atoms with van der Waals surface area (Å²) in [6, 6.07) is 11.6. The predicted octanol–water partition coefficient (Wildman–Crippen LogP) is 4.64. The molecule has 2 aromatic carbocycles. The number of nitrogens with one attached hydrogen (secondary N) is 1. The van der Waals surface area contributed by atoms with Crippen molar-refractivity contribution in [1.82, 2.24) is 14.8 Å². The minimum Gasteiger partial charge on any atom is -0.356 e. The van der Waals surface area contributed by atoms with E-state index in [2.05, 4.69) is 35.5 Å². The summed E-state index contributed by atoms with van der Waals surface area (Å²) in [6.07, 6.45) is 3.24. The lowest BCUT2D eigenvalue weighted by Gasteiger charge is -2.32. The molecule has 1 saturated heterocycles. The quantitative estimate of drug-likeness (QED) is 0.541. The third-order valence-electron chi connectivity index (χ3n) is 6.34. The molecule has 0 radical (unpaired) electrons. The Morgan fingerprint density at radius 1 is 1.12 bits per heavy atom. The molecule has 0 unspecified atom stereocenters. The van der Waals surface area contributed by atoms with Crippen molar-refractivity contribution in [3.63, 3.8) is 0 Å². The summed E-state index contributed by atoms with van der Waals surface area (Å²) in [5, 5.41) is 4.94. The largest absolute Gasteiger partial charge is 0.356 e. The molecule has 0 atom stereocenters. The van der Waals surface area contributed by atoms with Crippen LogP contribution in [-0.4, -0.2) is 44.2 Å². The Morgan fingerprint density at radius 2 is 1.82 bits per heavy atom. The van der Waals surface area contributed by atoms with E-state index in [0.29, 0.717) is 10.5 Å². The van der Waals surface area contributed by atoms with Crippen LogP contribution in [0.1, 0.15) is 51.3 Å². The molecule has 2 heterocycles. The van der Waals surface area contributed by atoms with Gasteiger partial charge in [0.05, 0.1) is 10.6 Å². The lowest BCUT2D eigenvalue weighted by atomic mass is 9.87. The van der Waals surface area contributed by atoms with Crippen LogP contribution in [0.3, 0.4) is 0 Å². The van der Waals surface area contributed by atoms with Crippen molar-refractivity contribution in [1.29, 1.82) is 0 Å². The van der Waals surface area contributed by atoms with Crippen LogP contribution in [0.25, 0.3) is 11.0 Å². The first-order chi connectivity index (χ1) is 15.6.